The molecule has 2 unspecified atom stereocenters. The van der Waals surface area contributed by atoms with Gasteiger partial charge in [0.15, 0.2) is 10.9 Å². The molecule has 2 atom stereocenters. The Morgan fingerprint density at radius 1 is 1.52 bits per heavy atom. The van der Waals surface area contributed by atoms with Gasteiger partial charge >= 0.3 is 0 Å². The monoisotopic (exact) mass is 315 g/mol. The Bertz CT molecular complexity index is 487. The molecule has 0 amide bonds. The molecule has 5 nitrogen and oxygen atoms in total. The van der Waals surface area contributed by atoms with Crippen molar-refractivity contribution in [2.24, 2.45) is 0 Å². The van der Waals surface area contributed by atoms with Crippen molar-refractivity contribution in [1.82, 2.24) is 10.3 Å². The van der Waals surface area contributed by atoms with Crippen LogP contribution in [0.25, 0.3) is 0 Å². The molecule has 0 saturated carbocycles. The van der Waals surface area contributed by atoms with E-state index in [0.717, 1.165) is 25.3 Å². The third-order valence-electron chi connectivity index (χ3n) is 3.78. The summed E-state index contributed by atoms with van der Waals surface area (Å²) in [5.74, 6) is 0.511. The highest BCUT2D eigenvalue weighted by Gasteiger charge is 2.32. The number of fused-ring (bicyclic) bond motifs is 4. The predicted molar refractivity (Wildman–Crippen MR) is 79.1 cm³/mol. The third kappa shape index (κ3) is 3.39. The van der Waals surface area contributed by atoms with Gasteiger partial charge in [-0.25, -0.2) is 4.98 Å². The molecule has 3 aliphatic rings. The smallest absolute Gasteiger partial charge is 0.171 e. The number of morpholine rings is 1. The molecule has 4 rings (SSSR count). The lowest BCUT2D eigenvalue weighted by atomic mass is 10.2. The number of nitrogens with zero attached hydrogens (tertiary/aromatic N) is 2. The summed E-state index contributed by atoms with van der Waals surface area (Å²) in [6.07, 6.45) is 2.30. The number of alkyl halides is 1. The van der Waals surface area contributed by atoms with Gasteiger partial charge in [0, 0.05) is 32.1 Å². The van der Waals surface area contributed by atoms with Crippen LogP contribution in [0.1, 0.15) is 6.42 Å². The van der Waals surface area contributed by atoms with Crippen molar-refractivity contribution in [1.29, 1.82) is 0 Å². The standard InChI is InChI=1S/C14H19ClFN3O2/c15-14-13(20-3-1-2-16)4-10(6-18-14)19-8-12-7-17-5-11(19)9-21-12/h4,6,11-12,17H,1-3,5,7-9H2. The van der Waals surface area contributed by atoms with E-state index in [4.69, 9.17) is 21.1 Å². The van der Waals surface area contributed by atoms with E-state index >= 15 is 0 Å². The van der Waals surface area contributed by atoms with Gasteiger partial charge in [-0.1, -0.05) is 11.6 Å². The second-order valence-corrected chi connectivity index (χ2v) is 5.65. The van der Waals surface area contributed by atoms with Gasteiger partial charge in [0.05, 0.1) is 43.9 Å². The lowest BCUT2D eigenvalue weighted by Crippen LogP contribution is -2.49. The lowest BCUT2D eigenvalue weighted by Gasteiger charge is -2.37. The van der Waals surface area contributed by atoms with E-state index < -0.39 is 6.67 Å². The molecule has 116 valence electrons. The number of halogens is 2. The van der Waals surface area contributed by atoms with Crippen LogP contribution in [0, 0.1) is 0 Å². The summed E-state index contributed by atoms with van der Waals surface area (Å²) in [7, 11) is 0. The van der Waals surface area contributed by atoms with E-state index in [9.17, 15) is 4.39 Å². The van der Waals surface area contributed by atoms with Crippen molar-refractivity contribution < 1.29 is 13.9 Å². The maximum Gasteiger partial charge on any atom is 0.171 e. The second kappa shape index (κ2) is 6.77. The fraction of sp³-hybridized carbons (Fsp3) is 0.643. The zero-order valence-corrected chi connectivity index (χ0v) is 12.5. The first-order chi connectivity index (χ1) is 10.3. The molecule has 7 heteroatoms. The number of ether oxygens (including phenoxy) is 2. The van der Waals surface area contributed by atoms with Gasteiger partial charge in [-0.05, 0) is 0 Å². The molecule has 1 N–H and O–H groups in total. The van der Waals surface area contributed by atoms with Crippen LogP contribution >= 0.6 is 11.6 Å². The molecule has 0 aliphatic carbocycles. The zero-order chi connectivity index (χ0) is 14.7. The van der Waals surface area contributed by atoms with Crippen molar-refractivity contribution in [3.8, 4) is 5.75 Å². The predicted octanol–water partition coefficient (Wildman–Crippen LogP) is 1.65. The van der Waals surface area contributed by atoms with Crippen molar-refractivity contribution in [3.05, 3.63) is 17.4 Å². The Morgan fingerprint density at radius 2 is 2.43 bits per heavy atom. The number of anilines is 1. The SMILES string of the molecule is FCCCOc1cc(N2CC3CNCC2CO3)cnc1Cl. The Kier molecular flexibility index (Phi) is 4.77. The lowest BCUT2D eigenvalue weighted by molar-refractivity contribution is 0.0391. The molecular formula is C14H19ClFN3O2. The van der Waals surface area contributed by atoms with Crippen molar-refractivity contribution >= 4 is 17.3 Å². The molecular weight excluding hydrogens is 297 g/mol. The molecule has 4 heterocycles. The van der Waals surface area contributed by atoms with Crippen molar-refractivity contribution in [2.45, 2.75) is 18.6 Å². The van der Waals surface area contributed by atoms with Crippen LogP contribution in [-0.2, 0) is 4.74 Å². The van der Waals surface area contributed by atoms with E-state index in [1.807, 2.05) is 6.07 Å². The number of hydrogen-bond acceptors (Lipinski definition) is 5. The number of nitrogens with one attached hydrogen (secondary N) is 1. The van der Waals surface area contributed by atoms with Crippen LogP contribution < -0.4 is 15.0 Å². The number of hydrogen-bond donors (Lipinski definition) is 1. The molecule has 1 aromatic heterocycles. The average Bonchev–Trinajstić information content (AvgIpc) is 2.85. The molecule has 0 radical (unpaired) electrons. The highest BCUT2D eigenvalue weighted by Crippen LogP contribution is 2.30. The summed E-state index contributed by atoms with van der Waals surface area (Å²) in [6, 6.07) is 2.17. The van der Waals surface area contributed by atoms with Gasteiger partial charge in [-0.2, -0.15) is 0 Å². The van der Waals surface area contributed by atoms with Crippen LogP contribution in [0.15, 0.2) is 12.3 Å². The molecule has 0 spiro atoms. The van der Waals surface area contributed by atoms with Gasteiger partial charge in [-0.15, -0.1) is 0 Å². The van der Waals surface area contributed by atoms with Gasteiger partial charge in [0.25, 0.3) is 0 Å². The highest BCUT2D eigenvalue weighted by molar-refractivity contribution is 6.30. The van der Waals surface area contributed by atoms with Gasteiger partial charge in [-0.3, -0.25) is 4.39 Å². The fourth-order valence-corrected chi connectivity index (χ4v) is 2.85. The summed E-state index contributed by atoms with van der Waals surface area (Å²) in [4.78, 5) is 6.47. The summed E-state index contributed by atoms with van der Waals surface area (Å²) in [5, 5.41) is 3.70. The normalized spacial score (nSPS) is 25.0. The number of aromatic nitrogens is 1. The van der Waals surface area contributed by atoms with Crippen LogP contribution in [-0.4, -0.2) is 56.7 Å². The minimum Gasteiger partial charge on any atom is -0.490 e. The minimum atomic E-state index is -0.399. The maximum absolute atomic E-state index is 12.2. The molecule has 0 aromatic carbocycles. The van der Waals surface area contributed by atoms with E-state index in [0.29, 0.717) is 30.5 Å². The second-order valence-electron chi connectivity index (χ2n) is 5.29. The maximum atomic E-state index is 12.2. The van der Waals surface area contributed by atoms with Crippen LogP contribution in [0.5, 0.6) is 5.75 Å². The first kappa shape index (κ1) is 14.8. The Morgan fingerprint density at radius 3 is 3.29 bits per heavy atom. The molecule has 21 heavy (non-hydrogen) atoms. The Labute approximate surface area is 128 Å². The quantitative estimate of drug-likeness (QED) is 0.661. The third-order valence-corrected chi connectivity index (χ3v) is 4.06. The first-order valence-corrected chi connectivity index (χ1v) is 7.59. The fourth-order valence-electron chi connectivity index (χ4n) is 2.69. The van der Waals surface area contributed by atoms with Gasteiger partial charge in [0.1, 0.15) is 0 Å². The van der Waals surface area contributed by atoms with E-state index in [-0.39, 0.29) is 12.1 Å². The van der Waals surface area contributed by atoms with Crippen LogP contribution in [0.2, 0.25) is 5.15 Å². The summed E-state index contributed by atoms with van der Waals surface area (Å²) < 4.78 is 23.4. The van der Waals surface area contributed by atoms with Crippen molar-refractivity contribution in [3.63, 3.8) is 0 Å². The number of pyridine rings is 1. The molecule has 2 bridgehead atoms. The summed E-state index contributed by atoms with van der Waals surface area (Å²) in [6.45, 7) is 3.19. The van der Waals surface area contributed by atoms with Crippen LogP contribution in [0.4, 0.5) is 10.1 Å². The summed E-state index contributed by atoms with van der Waals surface area (Å²) >= 11 is 6.04. The summed E-state index contributed by atoms with van der Waals surface area (Å²) in [5.41, 5.74) is 0.969. The topological polar surface area (TPSA) is 46.6 Å². The van der Waals surface area contributed by atoms with E-state index in [1.165, 1.54) is 0 Å². The largest absolute Gasteiger partial charge is 0.490 e. The van der Waals surface area contributed by atoms with E-state index in [2.05, 4.69) is 15.2 Å². The van der Waals surface area contributed by atoms with E-state index in [1.54, 1.807) is 6.20 Å². The zero-order valence-electron chi connectivity index (χ0n) is 11.7. The first-order valence-electron chi connectivity index (χ1n) is 7.21. The van der Waals surface area contributed by atoms with Crippen molar-refractivity contribution in [2.75, 3.05) is 44.4 Å². The molecule has 3 saturated heterocycles. The molecule has 3 fully saturated rings. The highest BCUT2D eigenvalue weighted by atomic mass is 35.5. The Hall–Kier alpha value is -1.11. The molecule has 3 aliphatic heterocycles. The molecule has 1 aromatic rings. The van der Waals surface area contributed by atoms with Gasteiger partial charge in [0.2, 0.25) is 0 Å². The van der Waals surface area contributed by atoms with Gasteiger partial charge < -0.3 is 19.7 Å². The Balaban J connectivity index is 1.77. The minimum absolute atomic E-state index is 0.190. The van der Waals surface area contributed by atoms with Crippen LogP contribution in [0.3, 0.4) is 0 Å². The number of rotatable bonds is 5. The average molecular weight is 316 g/mol.